The van der Waals surface area contributed by atoms with Gasteiger partial charge in [0.2, 0.25) is 5.91 Å². The van der Waals surface area contributed by atoms with Crippen molar-refractivity contribution in [2.24, 2.45) is 0 Å². The fourth-order valence-corrected chi connectivity index (χ4v) is 2.05. The van der Waals surface area contributed by atoms with Crippen LogP contribution in [-0.4, -0.2) is 53.5 Å². The van der Waals surface area contributed by atoms with E-state index in [4.69, 9.17) is 5.11 Å². The van der Waals surface area contributed by atoms with Gasteiger partial charge in [0.1, 0.15) is 0 Å². The van der Waals surface area contributed by atoms with E-state index in [0.29, 0.717) is 19.6 Å². The van der Waals surface area contributed by atoms with Crippen molar-refractivity contribution in [3.63, 3.8) is 0 Å². The van der Waals surface area contributed by atoms with Crippen LogP contribution in [0.4, 0.5) is 0 Å². The Balaban J connectivity index is 2.53. The minimum atomic E-state index is -0.839. The summed E-state index contributed by atoms with van der Waals surface area (Å²) < 4.78 is 0. The molecule has 1 aromatic carbocycles. The fourth-order valence-electron chi connectivity index (χ4n) is 2.05. The molecule has 0 spiro atoms. The number of carboxylic acids is 1. The predicted molar refractivity (Wildman–Crippen MR) is 82.0 cm³/mol. The number of amides is 1. The highest BCUT2D eigenvalue weighted by Gasteiger charge is 2.15. The SMILES string of the molecule is CCN(CCC(=O)O)CC(=O)N(C)Cc1ccccc1C. The maximum absolute atomic E-state index is 12.2. The first kappa shape index (κ1) is 17.2. The topological polar surface area (TPSA) is 60.9 Å². The first-order valence-corrected chi connectivity index (χ1v) is 7.16. The standard InChI is InChI=1S/C16H24N2O3/c1-4-18(10-9-16(20)21)12-15(19)17(3)11-14-8-6-5-7-13(14)2/h5-8H,4,9-12H2,1-3H3,(H,20,21). The van der Waals surface area contributed by atoms with E-state index in [9.17, 15) is 9.59 Å². The Morgan fingerprint density at radius 2 is 1.90 bits per heavy atom. The molecule has 116 valence electrons. The van der Waals surface area contributed by atoms with Crippen molar-refractivity contribution in [1.82, 2.24) is 9.80 Å². The van der Waals surface area contributed by atoms with Crippen LogP contribution in [0.15, 0.2) is 24.3 Å². The minimum Gasteiger partial charge on any atom is -0.481 e. The van der Waals surface area contributed by atoms with E-state index in [2.05, 4.69) is 0 Å². The average molecular weight is 292 g/mol. The lowest BCUT2D eigenvalue weighted by atomic mass is 10.1. The van der Waals surface area contributed by atoms with Crippen LogP contribution in [0.3, 0.4) is 0 Å². The van der Waals surface area contributed by atoms with E-state index in [-0.39, 0.29) is 18.9 Å². The zero-order valence-corrected chi connectivity index (χ0v) is 13.0. The number of carboxylic acid groups (broad SMARTS) is 1. The Hall–Kier alpha value is -1.88. The van der Waals surface area contributed by atoms with Crippen LogP contribution in [0.25, 0.3) is 0 Å². The number of rotatable bonds is 8. The van der Waals surface area contributed by atoms with Gasteiger partial charge in [-0.2, -0.15) is 0 Å². The molecule has 0 atom stereocenters. The van der Waals surface area contributed by atoms with E-state index in [0.717, 1.165) is 11.1 Å². The van der Waals surface area contributed by atoms with Crippen LogP contribution in [0.2, 0.25) is 0 Å². The van der Waals surface area contributed by atoms with Crippen LogP contribution in [-0.2, 0) is 16.1 Å². The van der Waals surface area contributed by atoms with E-state index in [1.165, 1.54) is 0 Å². The van der Waals surface area contributed by atoms with Crippen molar-refractivity contribution < 1.29 is 14.7 Å². The third-order valence-electron chi connectivity index (χ3n) is 3.54. The largest absolute Gasteiger partial charge is 0.481 e. The summed E-state index contributed by atoms with van der Waals surface area (Å²) in [4.78, 5) is 26.3. The highest BCUT2D eigenvalue weighted by atomic mass is 16.4. The van der Waals surface area contributed by atoms with Crippen molar-refractivity contribution in [3.05, 3.63) is 35.4 Å². The Morgan fingerprint density at radius 3 is 2.48 bits per heavy atom. The summed E-state index contributed by atoms with van der Waals surface area (Å²) in [5.74, 6) is -0.834. The Bertz CT molecular complexity index is 488. The molecular formula is C16H24N2O3. The van der Waals surface area contributed by atoms with E-state index in [1.54, 1.807) is 11.9 Å². The molecule has 0 aromatic heterocycles. The summed E-state index contributed by atoms with van der Waals surface area (Å²) in [6.45, 7) is 5.84. The summed E-state index contributed by atoms with van der Waals surface area (Å²) >= 11 is 0. The van der Waals surface area contributed by atoms with Crippen molar-refractivity contribution in [2.45, 2.75) is 26.8 Å². The Kier molecular flexibility index (Phi) is 6.88. The monoisotopic (exact) mass is 292 g/mol. The highest BCUT2D eigenvalue weighted by Crippen LogP contribution is 2.09. The lowest BCUT2D eigenvalue weighted by Gasteiger charge is -2.24. The lowest BCUT2D eigenvalue weighted by Crippen LogP contribution is -2.39. The molecule has 1 aromatic rings. The van der Waals surface area contributed by atoms with Crippen molar-refractivity contribution in [3.8, 4) is 0 Å². The molecule has 0 aliphatic heterocycles. The van der Waals surface area contributed by atoms with Gasteiger partial charge in [-0.3, -0.25) is 14.5 Å². The number of benzene rings is 1. The normalized spacial score (nSPS) is 10.7. The third kappa shape index (κ3) is 5.95. The molecule has 21 heavy (non-hydrogen) atoms. The molecule has 1 N–H and O–H groups in total. The second kappa shape index (κ2) is 8.42. The maximum atomic E-state index is 12.2. The number of carbonyl (C=O) groups is 2. The molecule has 0 saturated heterocycles. The summed E-state index contributed by atoms with van der Waals surface area (Å²) in [5, 5.41) is 8.70. The number of likely N-dealkylation sites (N-methyl/N-ethyl adjacent to an activating group) is 2. The number of aliphatic carboxylic acids is 1. The molecule has 5 heteroatoms. The second-order valence-corrected chi connectivity index (χ2v) is 5.19. The van der Waals surface area contributed by atoms with Gasteiger partial charge in [-0.25, -0.2) is 0 Å². The number of hydrogen-bond acceptors (Lipinski definition) is 3. The van der Waals surface area contributed by atoms with Gasteiger partial charge in [0.05, 0.1) is 13.0 Å². The third-order valence-corrected chi connectivity index (χ3v) is 3.54. The molecule has 0 bridgehead atoms. The molecule has 5 nitrogen and oxygen atoms in total. The molecule has 0 unspecified atom stereocenters. The number of aryl methyl sites for hydroxylation is 1. The summed E-state index contributed by atoms with van der Waals surface area (Å²) in [6, 6.07) is 7.98. The smallest absolute Gasteiger partial charge is 0.304 e. The number of carbonyl (C=O) groups excluding carboxylic acids is 1. The van der Waals surface area contributed by atoms with E-state index in [1.807, 2.05) is 43.0 Å². The molecule has 0 saturated carbocycles. The van der Waals surface area contributed by atoms with Crippen LogP contribution in [0, 0.1) is 6.92 Å². The molecule has 0 radical (unpaired) electrons. The quantitative estimate of drug-likeness (QED) is 0.793. The van der Waals surface area contributed by atoms with Crippen LogP contribution in [0.1, 0.15) is 24.5 Å². The fraction of sp³-hybridized carbons (Fsp3) is 0.500. The summed E-state index contributed by atoms with van der Waals surface area (Å²) in [6.07, 6.45) is 0.0582. The molecule has 0 fully saturated rings. The van der Waals surface area contributed by atoms with E-state index >= 15 is 0 Å². The highest BCUT2D eigenvalue weighted by molar-refractivity contribution is 5.78. The second-order valence-electron chi connectivity index (χ2n) is 5.19. The van der Waals surface area contributed by atoms with Gasteiger partial charge >= 0.3 is 5.97 Å². The average Bonchev–Trinajstić information content (AvgIpc) is 2.45. The van der Waals surface area contributed by atoms with Gasteiger partial charge in [0.15, 0.2) is 0 Å². The number of hydrogen-bond donors (Lipinski definition) is 1. The van der Waals surface area contributed by atoms with Gasteiger partial charge in [-0.1, -0.05) is 31.2 Å². The molecule has 1 rings (SSSR count). The molecule has 1 amide bonds. The van der Waals surface area contributed by atoms with Crippen molar-refractivity contribution in [1.29, 1.82) is 0 Å². The minimum absolute atomic E-state index is 0.00509. The van der Waals surface area contributed by atoms with E-state index < -0.39 is 5.97 Å². The van der Waals surface area contributed by atoms with Gasteiger partial charge in [-0.15, -0.1) is 0 Å². The lowest BCUT2D eigenvalue weighted by molar-refractivity contribution is -0.138. The van der Waals surface area contributed by atoms with Gasteiger partial charge in [0, 0.05) is 20.1 Å². The number of nitrogens with zero attached hydrogens (tertiary/aromatic N) is 2. The van der Waals surface area contributed by atoms with Crippen molar-refractivity contribution in [2.75, 3.05) is 26.7 Å². The molecule has 0 aliphatic carbocycles. The van der Waals surface area contributed by atoms with Gasteiger partial charge in [0.25, 0.3) is 0 Å². The van der Waals surface area contributed by atoms with Crippen LogP contribution in [0.5, 0.6) is 0 Å². The van der Waals surface area contributed by atoms with Gasteiger partial charge < -0.3 is 10.0 Å². The molecule has 0 heterocycles. The first-order valence-electron chi connectivity index (χ1n) is 7.16. The summed E-state index contributed by atoms with van der Waals surface area (Å²) in [5.41, 5.74) is 2.29. The van der Waals surface area contributed by atoms with Crippen LogP contribution < -0.4 is 0 Å². The maximum Gasteiger partial charge on any atom is 0.304 e. The zero-order chi connectivity index (χ0) is 15.8. The first-order chi connectivity index (χ1) is 9.93. The predicted octanol–water partition coefficient (Wildman–Crippen LogP) is 1.75. The zero-order valence-electron chi connectivity index (χ0n) is 13.0. The van der Waals surface area contributed by atoms with Crippen LogP contribution >= 0.6 is 0 Å². The Morgan fingerprint density at radius 1 is 1.24 bits per heavy atom. The van der Waals surface area contributed by atoms with Crippen molar-refractivity contribution >= 4 is 11.9 Å². The molecule has 0 aliphatic rings. The Labute approximate surface area is 126 Å². The molecular weight excluding hydrogens is 268 g/mol. The van der Waals surface area contributed by atoms with Gasteiger partial charge in [-0.05, 0) is 24.6 Å². The summed E-state index contributed by atoms with van der Waals surface area (Å²) in [7, 11) is 1.78.